The van der Waals surface area contributed by atoms with Gasteiger partial charge < -0.3 is 14.5 Å². The Hall–Kier alpha value is -2.25. The van der Waals surface area contributed by atoms with Gasteiger partial charge in [-0.1, -0.05) is 18.2 Å². The number of morpholine rings is 1. The number of ether oxygens (including phenoxy) is 1. The lowest BCUT2D eigenvalue weighted by molar-refractivity contribution is -0.155. The Labute approximate surface area is 162 Å². The van der Waals surface area contributed by atoms with Crippen molar-refractivity contribution in [1.82, 2.24) is 9.88 Å². The normalized spacial score (nSPS) is 23.5. The van der Waals surface area contributed by atoms with Gasteiger partial charge in [-0.2, -0.15) is 0 Å². The maximum absolute atomic E-state index is 13.5. The molecule has 0 aliphatic carbocycles. The summed E-state index contributed by atoms with van der Waals surface area (Å²) >= 11 is 1.35. The second-order valence-corrected chi connectivity index (χ2v) is 7.94. The van der Waals surface area contributed by atoms with Crippen LogP contribution in [0.2, 0.25) is 0 Å². The number of benzene rings is 1. The second-order valence-electron chi connectivity index (χ2n) is 7.09. The number of hydrogen-bond donors (Lipinski definition) is 0. The van der Waals surface area contributed by atoms with Gasteiger partial charge in [0.15, 0.2) is 5.60 Å². The predicted molar refractivity (Wildman–Crippen MR) is 104 cm³/mol. The van der Waals surface area contributed by atoms with Crippen molar-refractivity contribution in [2.45, 2.75) is 31.8 Å². The number of rotatable bonds is 2. The molecule has 7 heteroatoms. The molecule has 2 aliphatic rings. The largest absolute Gasteiger partial charge is 0.361 e. The van der Waals surface area contributed by atoms with Crippen LogP contribution in [0.25, 0.3) is 0 Å². The fourth-order valence-corrected chi connectivity index (χ4v) is 4.65. The van der Waals surface area contributed by atoms with Crippen LogP contribution < -0.4 is 4.90 Å². The van der Waals surface area contributed by atoms with E-state index in [9.17, 15) is 9.59 Å². The van der Waals surface area contributed by atoms with E-state index < -0.39 is 5.60 Å². The zero-order chi connectivity index (χ0) is 18.9. The molecule has 0 saturated carbocycles. The van der Waals surface area contributed by atoms with Gasteiger partial charge in [0.25, 0.3) is 11.8 Å². The Morgan fingerprint density at radius 1 is 1.22 bits per heavy atom. The Morgan fingerprint density at radius 2 is 2.04 bits per heavy atom. The third kappa shape index (κ3) is 3.37. The van der Waals surface area contributed by atoms with Crippen LogP contribution in [0.1, 0.15) is 34.6 Å². The lowest BCUT2D eigenvalue weighted by Gasteiger charge is -2.42. The monoisotopic (exact) mass is 385 g/mol. The van der Waals surface area contributed by atoms with Gasteiger partial charge in [0.05, 0.1) is 24.4 Å². The van der Waals surface area contributed by atoms with Crippen molar-refractivity contribution in [2.75, 3.05) is 31.1 Å². The molecule has 0 N–H and O–H groups in total. The minimum atomic E-state index is -0.959. The van der Waals surface area contributed by atoms with Crippen molar-refractivity contribution in [3.8, 4) is 0 Å². The first kappa shape index (κ1) is 18.1. The average molecular weight is 385 g/mol. The minimum absolute atomic E-state index is 0.0373. The summed E-state index contributed by atoms with van der Waals surface area (Å²) < 4.78 is 6.08. The second kappa shape index (κ2) is 7.40. The van der Waals surface area contributed by atoms with Crippen molar-refractivity contribution in [3.05, 3.63) is 46.4 Å². The summed E-state index contributed by atoms with van der Waals surface area (Å²) in [7, 11) is 0. The maximum Gasteiger partial charge on any atom is 0.266 e. The molecule has 1 atom stereocenters. The molecule has 3 heterocycles. The minimum Gasteiger partial charge on any atom is -0.361 e. The van der Waals surface area contributed by atoms with Gasteiger partial charge >= 0.3 is 0 Å². The molecule has 2 saturated heterocycles. The highest BCUT2D eigenvalue weighted by Gasteiger charge is 2.48. The number of para-hydroxylation sites is 1. The van der Waals surface area contributed by atoms with E-state index in [-0.39, 0.29) is 11.8 Å². The standard InChI is InChI=1S/C20H23N3O3S/c1-15-17(27-14-21-15)18(24)22-11-12-26-20(13-22)9-5-6-10-23(19(20)25)16-7-3-2-4-8-16/h2-4,7-8,14H,5-6,9-13H2,1H3. The number of amides is 2. The molecule has 4 rings (SSSR count). The van der Waals surface area contributed by atoms with Crippen molar-refractivity contribution < 1.29 is 14.3 Å². The Morgan fingerprint density at radius 3 is 2.78 bits per heavy atom. The zero-order valence-electron chi connectivity index (χ0n) is 15.4. The Kier molecular flexibility index (Phi) is 4.97. The highest BCUT2D eigenvalue weighted by atomic mass is 32.1. The lowest BCUT2D eigenvalue weighted by Crippen LogP contribution is -2.61. The molecule has 2 aliphatic heterocycles. The van der Waals surface area contributed by atoms with E-state index in [4.69, 9.17) is 4.74 Å². The fraction of sp³-hybridized carbons (Fsp3) is 0.450. The molecule has 2 fully saturated rings. The van der Waals surface area contributed by atoms with E-state index in [0.717, 1.165) is 24.2 Å². The molecule has 2 aromatic rings. The maximum atomic E-state index is 13.5. The van der Waals surface area contributed by atoms with Crippen LogP contribution in [-0.2, 0) is 9.53 Å². The topological polar surface area (TPSA) is 62.7 Å². The quantitative estimate of drug-likeness (QED) is 0.797. The van der Waals surface area contributed by atoms with Crippen LogP contribution in [0, 0.1) is 6.92 Å². The zero-order valence-corrected chi connectivity index (χ0v) is 16.2. The van der Waals surface area contributed by atoms with Crippen LogP contribution in [0.4, 0.5) is 5.69 Å². The summed E-state index contributed by atoms with van der Waals surface area (Å²) in [5.41, 5.74) is 2.35. The van der Waals surface area contributed by atoms with E-state index >= 15 is 0 Å². The Balaban J connectivity index is 1.61. The van der Waals surface area contributed by atoms with E-state index in [1.807, 2.05) is 42.2 Å². The molecule has 1 aromatic carbocycles. The van der Waals surface area contributed by atoms with Gasteiger partial charge in [0.1, 0.15) is 4.88 Å². The average Bonchev–Trinajstić information content (AvgIpc) is 3.07. The first-order chi connectivity index (χ1) is 13.1. The number of anilines is 1. The third-order valence-electron chi connectivity index (χ3n) is 5.33. The number of aryl methyl sites for hydroxylation is 1. The van der Waals surface area contributed by atoms with Gasteiger partial charge in [-0.15, -0.1) is 11.3 Å². The summed E-state index contributed by atoms with van der Waals surface area (Å²) in [5, 5.41) is 0. The smallest absolute Gasteiger partial charge is 0.266 e. The van der Waals surface area contributed by atoms with Crippen LogP contribution in [0.3, 0.4) is 0 Å². The first-order valence-corrected chi connectivity index (χ1v) is 10.2. The fourth-order valence-electron chi connectivity index (χ4n) is 3.88. The molecule has 1 aromatic heterocycles. The van der Waals surface area contributed by atoms with Gasteiger partial charge in [-0.05, 0) is 38.3 Å². The number of nitrogens with zero attached hydrogens (tertiary/aromatic N) is 3. The Bertz CT molecular complexity index is 838. The van der Waals surface area contributed by atoms with Gasteiger partial charge in [0.2, 0.25) is 0 Å². The molecular formula is C20H23N3O3S. The van der Waals surface area contributed by atoms with Gasteiger partial charge in [-0.25, -0.2) is 4.98 Å². The highest BCUT2D eigenvalue weighted by molar-refractivity contribution is 7.11. The number of carbonyl (C=O) groups is 2. The molecule has 1 unspecified atom stereocenters. The third-order valence-corrected chi connectivity index (χ3v) is 6.24. The molecule has 1 spiro atoms. The first-order valence-electron chi connectivity index (χ1n) is 9.31. The summed E-state index contributed by atoms with van der Waals surface area (Å²) in [5.74, 6) is -0.0919. The van der Waals surface area contributed by atoms with Crippen molar-refractivity contribution in [3.63, 3.8) is 0 Å². The lowest BCUT2D eigenvalue weighted by atomic mass is 9.93. The molecular weight excluding hydrogens is 362 g/mol. The number of thiazole rings is 1. The molecule has 6 nitrogen and oxygen atoms in total. The molecule has 2 amide bonds. The number of carbonyl (C=O) groups excluding carboxylic acids is 2. The van der Waals surface area contributed by atoms with Crippen molar-refractivity contribution in [1.29, 1.82) is 0 Å². The summed E-state index contributed by atoms with van der Waals surface area (Å²) in [4.78, 5) is 34.9. The van der Waals surface area contributed by atoms with E-state index in [2.05, 4.69) is 4.98 Å². The predicted octanol–water partition coefficient (Wildman–Crippen LogP) is 2.88. The molecule has 0 bridgehead atoms. The SMILES string of the molecule is Cc1ncsc1C(=O)N1CCOC2(CCCCN(c3ccccc3)C2=O)C1. The summed E-state index contributed by atoms with van der Waals surface area (Å²) in [6.07, 6.45) is 2.46. The van der Waals surface area contributed by atoms with E-state index in [1.54, 1.807) is 10.4 Å². The summed E-state index contributed by atoms with van der Waals surface area (Å²) in [6.45, 7) is 3.68. The number of aromatic nitrogens is 1. The molecule has 0 radical (unpaired) electrons. The highest BCUT2D eigenvalue weighted by Crippen LogP contribution is 2.33. The van der Waals surface area contributed by atoms with Crippen LogP contribution in [0.15, 0.2) is 35.8 Å². The van der Waals surface area contributed by atoms with Gasteiger partial charge in [-0.3, -0.25) is 9.59 Å². The van der Waals surface area contributed by atoms with Gasteiger partial charge in [0, 0.05) is 18.8 Å². The number of hydrogen-bond acceptors (Lipinski definition) is 5. The van der Waals surface area contributed by atoms with Crippen LogP contribution in [-0.4, -0.2) is 53.5 Å². The summed E-state index contributed by atoms with van der Waals surface area (Å²) in [6, 6.07) is 9.71. The van der Waals surface area contributed by atoms with Crippen LogP contribution in [0.5, 0.6) is 0 Å². The molecule has 27 heavy (non-hydrogen) atoms. The van der Waals surface area contributed by atoms with Crippen LogP contribution >= 0.6 is 11.3 Å². The van der Waals surface area contributed by atoms with E-state index in [0.29, 0.717) is 37.5 Å². The van der Waals surface area contributed by atoms with Crippen molar-refractivity contribution in [2.24, 2.45) is 0 Å². The van der Waals surface area contributed by atoms with Crippen molar-refractivity contribution >= 4 is 28.8 Å². The van der Waals surface area contributed by atoms with E-state index in [1.165, 1.54) is 11.3 Å². The molecule has 142 valence electrons.